The summed E-state index contributed by atoms with van der Waals surface area (Å²) in [7, 11) is 0. The van der Waals surface area contributed by atoms with Crippen molar-refractivity contribution in [3.63, 3.8) is 0 Å². The molecular weight excluding hydrogens is 700 g/mol. The van der Waals surface area contributed by atoms with Crippen molar-refractivity contribution in [1.82, 2.24) is 24.8 Å². The number of carbonyl (C=O) groups is 1. The standard InChI is InChI=1S/C41H42F4N6O3/c1-6-25-27(42)13-12-24-10-7-11-26(29(24)25)32-31(43)33-30-28(46-32)20-23(2)34-41(45)17-16-40(44,51(41)37(52)54-38(3,4)5)21-50(34)35(30)48-36(47-33)53-22-39-14-8-18-49(39)19-9-15-39/h1,7,10-13,23,34H,8-9,14-22H2,2-5H3/t23-,34-,40+,41-/m0/s1. The summed E-state index contributed by atoms with van der Waals surface area (Å²) in [6.45, 7) is 8.50. The average Bonchev–Trinajstić information content (AvgIpc) is 3.73. The fraction of sp³-hybridized carbons (Fsp3) is 0.512. The second-order valence-corrected chi connectivity index (χ2v) is 16.8. The number of halogens is 4. The van der Waals surface area contributed by atoms with Crippen LogP contribution in [0.4, 0.5) is 28.2 Å². The van der Waals surface area contributed by atoms with Crippen molar-refractivity contribution in [3.8, 4) is 29.6 Å². The number of piperazine rings is 1. The molecule has 9 rings (SSSR count). The molecule has 5 aliphatic heterocycles. The zero-order valence-electron chi connectivity index (χ0n) is 30.8. The number of aromatic nitrogens is 3. The molecule has 2 aromatic heterocycles. The molecule has 4 fully saturated rings. The van der Waals surface area contributed by atoms with E-state index in [1.807, 2.05) is 0 Å². The van der Waals surface area contributed by atoms with Crippen molar-refractivity contribution in [2.45, 2.75) is 101 Å². The Hall–Kier alpha value is -4.70. The summed E-state index contributed by atoms with van der Waals surface area (Å²) in [4.78, 5) is 32.6. The van der Waals surface area contributed by atoms with Gasteiger partial charge in [-0.3, -0.25) is 4.90 Å². The van der Waals surface area contributed by atoms with Crippen LogP contribution < -0.4 is 9.64 Å². The van der Waals surface area contributed by atoms with Gasteiger partial charge in [-0.1, -0.05) is 37.1 Å². The summed E-state index contributed by atoms with van der Waals surface area (Å²) < 4.78 is 79.5. The summed E-state index contributed by atoms with van der Waals surface area (Å²) in [5.74, 6) is -4.49. The van der Waals surface area contributed by atoms with Gasteiger partial charge in [-0.2, -0.15) is 9.97 Å². The number of pyridine rings is 1. The van der Waals surface area contributed by atoms with Gasteiger partial charge in [0.2, 0.25) is 11.6 Å². The first kappa shape index (κ1) is 35.0. The minimum absolute atomic E-state index is 0.0315. The second kappa shape index (κ2) is 11.9. The van der Waals surface area contributed by atoms with E-state index in [1.165, 1.54) is 11.0 Å². The van der Waals surface area contributed by atoms with E-state index < -0.39 is 53.4 Å². The molecule has 13 heteroatoms. The fourth-order valence-corrected chi connectivity index (χ4v) is 10.1. The fourth-order valence-electron chi connectivity index (χ4n) is 10.1. The van der Waals surface area contributed by atoms with Gasteiger partial charge in [0.15, 0.2) is 5.82 Å². The van der Waals surface area contributed by atoms with Crippen LogP contribution in [0.15, 0.2) is 30.3 Å². The third-order valence-electron chi connectivity index (χ3n) is 12.2. The first-order chi connectivity index (χ1) is 25.7. The smallest absolute Gasteiger partial charge is 0.415 e. The summed E-state index contributed by atoms with van der Waals surface area (Å²) in [5.41, 5.74) is -0.847. The molecular formula is C41H42F4N6O3. The Labute approximate surface area is 311 Å². The number of fused-ring (bicyclic) bond motifs is 7. The van der Waals surface area contributed by atoms with Gasteiger partial charge in [0.25, 0.3) is 0 Å². The van der Waals surface area contributed by atoms with Crippen LogP contribution in [0.3, 0.4) is 0 Å². The van der Waals surface area contributed by atoms with E-state index in [1.54, 1.807) is 52.0 Å². The van der Waals surface area contributed by atoms with Gasteiger partial charge >= 0.3 is 12.1 Å². The molecule has 0 N–H and O–H groups in total. The van der Waals surface area contributed by atoms with Crippen LogP contribution in [-0.4, -0.2) is 85.9 Å². The number of hydrogen-bond acceptors (Lipinski definition) is 8. The molecule has 5 aliphatic rings. The number of rotatable bonds is 4. The lowest BCUT2D eigenvalue weighted by atomic mass is 9.86. The minimum atomic E-state index is -2.50. The Morgan fingerprint density at radius 2 is 1.78 bits per heavy atom. The van der Waals surface area contributed by atoms with Crippen LogP contribution in [0.5, 0.6) is 6.01 Å². The van der Waals surface area contributed by atoms with E-state index in [0.717, 1.165) is 38.8 Å². The number of ether oxygens (including phenoxy) is 2. The van der Waals surface area contributed by atoms with E-state index in [0.29, 0.717) is 21.4 Å². The molecule has 7 heterocycles. The molecule has 0 saturated carbocycles. The van der Waals surface area contributed by atoms with Crippen molar-refractivity contribution in [2.75, 3.05) is 31.1 Å². The molecule has 9 nitrogen and oxygen atoms in total. The number of hydrogen-bond donors (Lipinski definition) is 0. The molecule has 0 unspecified atom stereocenters. The summed E-state index contributed by atoms with van der Waals surface area (Å²) in [6.07, 6.45) is 8.23. The van der Waals surface area contributed by atoms with Crippen molar-refractivity contribution in [3.05, 3.63) is 53.2 Å². The van der Waals surface area contributed by atoms with Crippen molar-refractivity contribution < 1.29 is 31.8 Å². The highest BCUT2D eigenvalue weighted by atomic mass is 19.2. The Morgan fingerprint density at radius 1 is 1.02 bits per heavy atom. The highest BCUT2D eigenvalue weighted by Gasteiger charge is 2.70. The van der Waals surface area contributed by atoms with Crippen molar-refractivity contribution >= 4 is 33.6 Å². The van der Waals surface area contributed by atoms with Gasteiger partial charge in [-0.05, 0) is 83.3 Å². The lowest BCUT2D eigenvalue weighted by Crippen LogP contribution is -2.72. The van der Waals surface area contributed by atoms with Gasteiger partial charge in [0.1, 0.15) is 35.1 Å². The number of amides is 1. The molecule has 282 valence electrons. The number of terminal acetylenes is 1. The molecule has 2 aromatic carbocycles. The molecule has 0 spiro atoms. The topological polar surface area (TPSA) is 83.9 Å². The predicted octanol–water partition coefficient (Wildman–Crippen LogP) is 7.86. The zero-order valence-corrected chi connectivity index (χ0v) is 30.8. The second-order valence-electron chi connectivity index (χ2n) is 16.8. The van der Waals surface area contributed by atoms with Crippen LogP contribution in [0.2, 0.25) is 0 Å². The van der Waals surface area contributed by atoms with E-state index >= 15 is 17.6 Å². The highest BCUT2D eigenvalue weighted by Crippen LogP contribution is 2.56. The summed E-state index contributed by atoms with van der Waals surface area (Å²) in [5, 5.41) is 1.12. The summed E-state index contributed by atoms with van der Waals surface area (Å²) in [6, 6.07) is 6.71. The lowest BCUT2D eigenvalue weighted by molar-refractivity contribution is -0.139. The van der Waals surface area contributed by atoms with Crippen LogP contribution >= 0.6 is 0 Å². The first-order valence-electron chi connectivity index (χ1n) is 18.8. The Morgan fingerprint density at radius 3 is 2.50 bits per heavy atom. The number of alkyl halides is 2. The molecule has 0 radical (unpaired) electrons. The molecule has 2 bridgehead atoms. The van der Waals surface area contributed by atoms with E-state index in [-0.39, 0.29) is 71.0 Å². The van der Waals surface area contributed by atoms with Gasteiger partial charge < -0.3 is 14.4 Å². The van der Waals surface area contributed by atoms with Crippen molar-refractivity contribution in [2.24, 2.45) is 5.92 Å². The monoisotopic (exact) mass is 742 g/mol. The van der Waals surface area contributed by atoms with Crippen LogP contribution in [-0.2, 0) is 11.2 Å². The normalized spacial score (nSPS) is 27.2. The maximum atomic E-state index is 17.9. The first-order valence-corrected chi connectivity index (χ1v) is 18.8. The van der Waals surface area contributed by atoms with Crippen molar-refractivity contribution in [1.29, 1.82) is 0 Å². The number of carbonyl (C=O) groups excluding carboxylic acids is 1. The third-order valence-corrected chi connectivity index (χ3v) is 12.2. The van der Waals surface area contributed by atoms with Gasteiger partial charge in [0.05, 0.1) is 34.8 Å². The van der Waals surface area contributed by atoms with Crippen LogP contribution in [0.1, 0.15) is 77.5 Å². The van der Waals surface area contributed by atoms with E-state index in [2.05, 4.69) is 15.8 Å². The summed E-state index contributed by atoms with van der Waals surface area (Å²) >= 11 is 0. The molecule has 4 aromatic rings. The predicted molar refractivity (Wildman–Crippen MR) is 195 cm³/mol. The van der Waals surface area contributed by atoms with E-state index in [4.69, 9.17) is 25.9 Å². The number of anilines is 1. The van der Waals surface area contributed by atoms with Gasteiger partial charge in [0, 0.05) is 23.8 Å². The highest BCUT2D eigenvalue weighted by molar-refractivity contribution is 6.03. The van der Waals surface area contributed by atoms with Crippen LogP contribution in [0.25, 0.3) is 32.9 Å². The van der Waals surface area contributed by atoms with Gasteiger partial charge in [-0.25, -0.2) is 32.2 Å². The average molecular weight is 743 g/mol. The number of nitrogens with zero attached hydrogens (tertiary/aromatic N) is 6. The minimum Gasteiger partial charge on any atom is -0.461 e. The van der Waals surface area contributed by atoms with Crippen LogP contribution in [0, 0.1) is 29.9 Å². The van der Waals surface area contributed by atoms with Gasteiger partial charge in [-0.15, -0.1) is 6.42 Å². The lowest BCUT2D eigenvalue weighted by Gasteiger charge is -2.53. The Kier molecular flexibility index (Phi) is 7.72. The molecule has 0 aliphatic carbocycles. The largest absolute Gasteiger partial charge is 0.461 e. The quantitative estimate of drug-likeness (QED) is 0.119. The molecule has 4 atom stereocenters. The SMILES string of the molecule is C#Cc1c(F)ccc2cccc(-c3nc4c5c(nc(OCC67CCCN6CCC7)nc5c3F)N3C[C@@]5(F)CC[C@@](F)([C@@H]3[C@@H](C)C4)N5C(=O)OC(C)(C)C)c12. The van der Waals surface area contributed by atoms with E-state index in [9.17, 15) is 4.79 Å². The molecule has 4 saturated heterocycles. The number of benzene rings is 2. The Balaban J connectivity index is 1.25. The zero-order chi connectivity index (χ0) is 37.9. The maximum Gasteiger partial charge on any atom is 0.415 e. The molecule has 1 amide bonds. The Bertz CT molecular complexity index is 2280. The molecule has 54 heavy (non-hydrogen) atoms. The maximum absolute atomic E-state index is 17.9. The third kappa shape index (κ3) is 5.08.